The van der Waals surface area contributed by atoms with E-state index in [1.54, 1.807) is 12.0 Å². The van der Waals surface area contributed by atoms with Gasteiger partial charge in [-0.05, 0) is 48.4 Å². The summed E-state index contributed by atoms with van der Waals surface area (Å²) in [6.07, 6.45) is 0.324. The molecular weight excluding hydrogens is 510 g/mol. The Hall–Kier alpha value is -3.73. The predicted octanol–water partition coefficient (Wildman–Crippen LogP) is 4.13. The average Bonchev–Trinajstić information content (AvgIpc) is 2.81. The number of rotatable bonds is 6. The van der Waals surface area contributed by atoms with Gasteiger partial charge in [0.1, 0.15) is 5.75 Å². The van der Waals surface area contributed by atoms with Gasteiger partial charge in [-0.1, -0.05) is 19.6 Å². The van der Waals surface area contributed by atoms with Crippen LogP contribution in [-0.2, 0) is 16.1 Å². The summed E-state index contributed by atoms with van der Waals surface area (Å²) in [5, 5.41) is 10.9. The molecule has 3 saturated heterocycles. The number of aliphatic carboxylic acids is 1. The minimum atomic E-state index is -3.58. The maximum atomic E-state index is 13.2. The van der Waals surface area contributed by atoms with Crippen LogP contribution in [0.4, 0.5) is 25.0 Å². The van der Waals surface area contributed by atoms with Gasteiger partial charge >= 0.3 is 17.9 Å². The standard InChI is InChI=1S/C24H28N4O3.C3H4F2O2.CH4/c1-17-11-19(26-15-24(16-26)13-25-14-24)5-8-21(17)27-10-9-22(29)28(23(27)30)12-18-3-6-20(31-2)7-4-18;1-3(4,5)2(6)7;/h3-8,11,25H,9-10,12-16H2,1-2H3;1H3,(H,6,7);1H4. The third-order valence-electron chi connectivity index (χ3n) is 7.08. The number of carboxylic acid groups (broad SMARTS) is 1. The van der Waals surface area contributed by atoms with Gasteiger partial charge in [0.2, 0.25) is 5.91 Å². The van der Waals surface area contributed by atoms with Crippen molar-refractivity contribution in [1.29, 1.82) is 0 Å². The molecule has 0 bridgehead atoms. The number of carbonyl (C=O) groups is 3. The molecule has 2 N–H and O–H groups in total. The molecule has 0 aromatic heterocycles. The summed E-state index contributed by atoms with van der Waals surface area (Å²) in [6.45, 7) is 7.44. The summed E-state index contributed by atoms with van der Waals surface area (Å²) in [7, 11) is 1.61. The molecule has 0 atom stereocenters. The third kappa shape index (κ3) is 6.47. The number of alkyl halides is 2. The Morgan fingerprint density at radius 3 is 2.23 bits per heavy atom. The Morgan fingerprint density at radius 1 is 1.13 bits per heavy atom. The van der Waals surface area contributed by atoms with Crippen molar-refractivity contribution in [2.45, 2.75) is 40.2 Å². The molecule has 0 radical (unpaired) electrons. The van der Waals surface area contributed by atoms with Crippen LogP contribution >= 0.6 is 0 Å². The number of hydrogen-bond acceptors (Lipinski definition) is 6. The second kappa shape index (κ2) is 11.6. The van der Waals surface area contributed by atoms with Crippen LogP contribution in [0.1, 0.15) is 31.9 Å². The molecule has 5 rings (SSSR count). The molecule has 1 spiro atoms. The molecule has 39 heavy (non-hydrogen) atoms. The molecule has 2 aromatic rings. The summed E-state index contributed by atoms with van der Waals surface area (Å²) in [5.41, 5.74) is 4.50. The van der Waals surface area contributed by atoms with Crippen LogP contribution in [0.25, 0.3) is 0 Å². The zero-order valence-corrected chi connectivity index (χ0v) is 21.7. The molecule has 11 heteroatoms. The zero-order chi connectivity index (χ0) is 27.7. The predicted molar refractivity (Wildman–Crippen MR) is 145 cm³/mol. The Balaban J connectivity index is 0.000000468. The van der Waals surface area contributed by atoms with E-state index in [4.69, 9.17) is 9.84 Å². The van der Waals surface area contributed by atoms with E-state index in [1.807, 2.05) is 37.3 Å². The number of carboxylic acids is 1. The van der Waals surface area contributed by atoms with Crippen molar-refractivity contribution in [2.75, 3.05) is 49.6 Å². The number of urea groups is 1. The van der Waals surface area contributed by atoms with E-state index in [-0.39, 0.29) is 25.9 Å². The van der Waals surface area contributed by atoms with Crippen molar-refractivity contribution in [3.05, 3.63) is 53.6 Å². The maximum absolute atomic E-state index is 13.2. The van der Waals surface area contributed by atoms with Crippen LogP contribution in [-0.4, -0.2) is 73.7 Å². The first-order valence-electron chi connectivity index (χ1n) is 12.3. The summed E-state index contributed by atoms with van der Waals surface area (Å²) in [6, 6.07) is 13.5. The first kappa shape index (κ1) is 29.8. The van der Waals surface area contributed by atoms with Crippen LogP contribution < -0.4 is 19.9 Å². The fraction of sp³-hybridized carbons (Fsp3) is 0.464. The topological polar surface area (TPSA) is 102 Å². The highest BCUT2D eigenvalue weighted by atomic mass is 19.3. The number of nitrogens with one attached hydrogen (secondary N) is 1. The number of methoxy groups -OCH3 is 1. The highest BCUT2D eigenvalue weighted by molar-refractivity contribution is 6.06. The Bertz CT molecular complexity index is 1200. The number of amides is 3. The van der Waals surface area contributed by atoms with Crippen molar-refractivity contribution in [3.8, 4) is 5.75 Å². The Morgan fingerprint density at radius 2 is 1.74 bits per heavy atom. The molecule has 0 aliphatic carbocycles. The van der Waals surface area contributed by atoms with Crippen LogP contribution in [0.2, 0.25) is 0 Å². The summed E-state index contributed by atoms with van der Waals surface area (Å²) < 4.78 is 27.7. The lowest BCUT2D eigenvalue weighted by Gasteiger charge is -2.57. The number of benzene rings is 2. The van der Waals surface area contributed by atoms with Gasteiger partial charge in [0.15, 0.2) is 0 Å². The Kier molecular flexibility index (Phi) is 8.84. The van der Waals surface area contributed by atoms with Crippen molar-refractivity contribution in [2.24, 2.45) is 5.41 Å². The number of anilines is 2. The molecule has 3 amide bonds. The molecule has 0 unspecified atom stereocenters. The zero-order valence-electron chi connectivity index (χ0n) is 21.7. The lowest BCUT2D eigenvalue weighted by Crippen LogP contribution is -2.71. The van der Waals surface area contributed by atoms with E-state index in [0.29, 0.717) is 25.3 Å². The normalized spacial score (nSPS) is 17.9. The second-order valence-corrected chi connectivity index (χ2v) is 10.1. The van der Waals surface area contributed by atoms with Gasteiger partial charge in [-0.2, -0.15) is 8.78 Å². The van der Waals surface area contributed by atoms with E-state index in [0.717, 1.165) is 48.7 Å². The quantitative estimate of drug-likeness (QED) is 0.562. The van der Waals surface area contributed by atoms with Gasteiger partial charge in [-0.3, -0.25) is 14.6 Å². The Labute approximate surface area is 227 Å². The van der Waals surface area contributed by atoms with E-state index < -0.39 is 11.9 Å². The number of ether oxygens (including phenoxy) is 1. The van der Waals surface area contributed by atoms with Gasteiger partial charge in [0.05, 0.1) is 13.7 Å². The van der Waals surface area contributed by atoms with E-state index in [1.165, 1.54) is 10.6 Å². The molecule has 3 aliphatic rings. The summed E-state index contributed by atoms with van der Waals surface area (Å²) in [5.74, 6) is -5.06. The average molecular weight is 547 g/mol. The molecule has 212 valence electrons. The van der Waals surface area contributed by atoms with Gasteiger partial charge in [-0.15, -0.1) is 0 Å². The number of imide groups is 1. The molecule has 3 aliphatic heterocycles. The molecule has 9 nitrogen and oxygen atoms in total. The SMILES string of the molecule is C.CC(F)(F)C(=O)O.COc1ccc(CN2C(=O)CCN(c3ccc(N4CC5(CNC5)C4)cc3C)C2=O)cc1. The highest BCUT2D eigenvalue weighted by Gasteiger charge is 2.47. The van der Waals surface area contributed by atoms with Gasteiger partial charge in [-0.25, -0.2) is 9.59 Å². The summed E-state index contributed by atoms with van der Waals surface area (Å²) in [4.78, 5) is 40.5. The fourth-order valence-corrected chi connectivity index (χ4v) is 4.77. The molecule has 3 heterocycles. The second-order valence-electron chi connectivity index (χ2n) is 10.1. The molecule has 3 fully saturated rings. The van der Waals surface area contributed by atoms with Gasteiger partial charge in [0, 0.05) is 62.9 Å². The lowest BCUT2D eigenvalue weighted by molar-refractivity contribution is -0.161. The minimum absolute atomic E-state index is 0. The smallest absolute Gasteiger partial charge is 0.374 e. The van der Waals surface area contributed by atoms with E-state index in [2.05, 4.69) is 22.3 Å². The maximum Gasteiger partial charge on any atom is 0.374 e. The number of aryl methyl sites for hydroxylation is 1. The number of halogens is 2. The van der Waals surface area contributed by atoms with E-state index >= 15 is 0 Å². The lowest BCUT2D eigenvalue weighted by atomic mass is 9.74. The van der Waals surface area contributed by atoms with Crippen LogP contribution in [0.5, 0.6) is 5.75 Å². The monoisotopic (exact) mass is 546 g/mol. The van der Waals surface area contributed by atoms with Gasteiger partial charge in [0.25, 0.3) is 0 Å². The molecular formula is C28H36F2N4O5. The van der Waals surface area contributed by atoms with Crippen LogP contribution in [0, 0.1) is 12.3 Å². The largest absolute Gasteiger partial charge is 0.497 e. The highest BCUT2D eigenvalue weighted by Crippen LogP contribution is 2.39. The fourth-order valence-electron chi connectivity index (χ4n) is 4.77. The summed E-state index contributed by atoms with van der Waals surface area (Å²) >= 11 is 0. The van der Waals surface area contributed by atoms with Crippen molar-refractivity contribution >= 4 is 29.3 Å². The minimum Gasteiger partial charge on any atom is -0.497 e. The molecule has 2 aromatic carbocycles. The van der Waals surface area contributed by atoms with Crippen molar-refractivity contribution in [1.82, 2.24) is 10.2 Å². The van der Waals surface area contributed by atoms with Crippen LogP contribution in [0.3, 0.4) is 0 Å². The van der Waals surface area contributed by atoms with Gasteiger partial charge < -0.3 is 20.1 Å². The van der Waals surface area contributed by atoms with Crippen molar-refractivity contribution < 1.29 is 33.0 Å². The third-order valence-corrected chi connectivity index (χ3v) is 7.08. The van der Waals surface area contributed by atoms with Crippen molar-refractivity contribution in [3.63, 3.8) is 0 Å². The number of hydrogen-bond donors (Lipinski definition) is 2. The first-order chi connectivity index (χ1) is 17.9. The van der Waals surface area contributed by atoms with E-state index in [9.17, 15) is 23.2 Å². The van der Waals surface area contributed by atoms with Crippen LogP contribution in [0.15, 0.2) is 42.5 Å². The number of nitrogens with zero attached hydrogens (tertiary/aromatic N) is 3. The first-order valence-corrected chi connectivity index (χ1v) is 12.3. The number of carbonyl (C=O) groups excluding carboxylic acids is 2. The molecule has 0 saturated carbocycles.